The molecule has 0 aromatic carbocycles. The van der Waals surface area contributed by atoms with Crippen LogP contribution >= 0.6 is 0 Å². The van der Waals surface area contributed by atoms with E-state index in [1.165, 1.54) is 0 Å². The van der Waals surface area contributed by atoms with Gasteiger partial charge in [-0.1, -0.05) is 90.2 Å². The number of hydrogen-bond acceptors (Lipinski definition) is 11. The SMILES string of the molecule is CC(C)(C)[Si](C)(C)OCCOCC(COCCO[Si](C)(C)C(C)(C)C)OCCOCCOC(COCCOCCC1C=CC=C1)COCCOCCC1C=CC=C1. The van der Waals surface area contributed by atoms with Crippen LogP contribution in [0.25, 0.3) is 0 Å². The van der Waals surface area contributed by atoms with Crippen LogP contribution in [0.1, 0.15) is 54.4 Å². The third-order valence-corrected chi connectivity index (χ3v) is 20.0. The van der Waals surface area contributed by atoms with Crippen LogP contribution in [0.4, 0.5) is 0 Å². The largest absolute Gasteiger partial charge is 0.414 e. The lowest BCUT2D eigenvalue weighted by atomic mass is 10.1. The quantitative estimate of drug-likeness (QED) is 0.0451. The lowest BCUT2D eigenvalue weighted by Gasteiger charge is -2.36. The van der Waals surface area contributed by atoms with Crippen LogP contribution in [-0.2, 0) is 51.5 Å². The Hall–Kier alpha value is -1.05. The molecule has 2 rings (SSSR count). The van der Waals surface area contributed by atoms with Gasteiger partial charge in [-0.15, -0.1) is 0 Å². The van der Waals surface area contributed by atoms with E-state index < -0.39 is 16.6 Å². The Bertz CT molecular complexity index is 1030. The van der Waals surface area contributed by atoms with Gasteiger partial charge in [0.15, 0.2) is 16.6 Å². The highest BCUT2D eigenvalue weighted by molar-refractivity contribution is 6.74. The summed E-state index contributed by atoms with van der Waals surface area (Å²) in [6.07, 6.45) is 18.6. The minimum Gasteiger partial charge on any atom is -0.414 e. The normalized spacial score (nSPS) is 15.5. The summed E-state index contributed by atoms with van der Waals surface area (Å²) in [5.41, 5.74) is 0. The van der Waals surface area contributed by atoms with Crippen LogP contribution in [0.3, 0.4) is 0 Å². The monoisotopic (exact) mass is 843 g/mol. The zero-order valence-electron chi connectivity index (χ0n) is 37.6. The molecule has 0 aliphatic heterocycles. The first-order valence-corrected chi connectivity index (χ1v) is 27.2. The van der Waals surface area contributed by atoms with Gasteiger partial charge in [0.2, 0.25) is 0 Å². The average Bonchev–Trinajstić information content (AvgIpc) is 3.87. The molecule has 0 amide bonds. The Morgan fingerprint density at radius 1 is 0.386 bits per heavy atom. The highest BCUT2D eigenvalue weighted by atomic mass is 28.4. The molecule has 0 atom stereocenters. The molecule has 0 unspecified atom stereocenters. The highest BCUT2D eigenvalue weighted by Crippen LogP contribution is 2.37. The minimum atomic E-state index is -1.82. The van der Waals surface area contributed by atoms with Gasteiger partial charge in [-0.05, 0) is 60.9 Å². The molecule has 0 fully saturated rings. The molecule has 0 radical (unpaired) electrons. The van der Waals surface area contributed by atoms with Gasteiger partial charge in [-0.2, -0.15) is 0 Å². The van der Waals surface area contributed by atoms with Crippen molar-refractivity contribution in [3.8, 4) is 0 Å². The predicted octanol–water partition coefficient (Wildman–Crippen LogP) is 8.18. The number of hydrogen-bond donors (Lipinski definition) is 0. The van der Waals surface area contributed by atoms with E-state index >= 15 is 0 Å². The summed E-state index contributed by atoms with van der Waals surface area (Å²) >= 11 is 0. The summed E-state index contributed by atoms with van der Waals surface area (Å²) in [7, 11) is -3.65. The second-order valence-electron chi connectivity index (χ2n) is 17.8. The maximum atomic E-state index is 6.28. The summed E-state index contributed by atoms with van der Waals surface area (Å²) in [4.78, 5) is 0. The third kappa shape index (κ3) is 24.7. The van der Waals surface area contributed by atoms with E-state index in [4.69, 9.17) is 51.5 Å². The van der Waals surface area contributed by atoms with E-state index in [9.17, 15) is 0 Å². The fourth-order valence-corrected chi connectivity index (χ4v) is 7.21. The Morgan fingerprint density at radius 2 is 0.667 bits per heavy atom. The molecule has 0 aromatic heterocycles. The van der Waals surface area contributed by atoms with Crippen molar-refractivity contribution in [3.63, 3.8) is 0 Å². The molecule has 0 aromatic rings. The summed E-state index contributed by atoms with van der Waals surface area (Å²) < 4.78 is 66.1. The molecule has 0 heterocycles. The molecule has 13 heteroatoms. The lowest BCUT2D eigenvalue weighted by molar-refractivity contribution is -0.0945. The Balaban J connectivity index is 1.69. The number of allylic oxidation sites excluding steroid dienone is 8. The van der Waals surface area contributed by atoms with Crippen molar-refractivity contribution < 1.29 is 51.5 Å². The third-order valence-electron chi connectivity index (χ3n) is 11.0. The van der Waals surface area contributed by atoms with Crippen LogP contribution in [0.2, 0.25) is 36.3 Å². The van der Waals surface area contributed by atoms with E-state index in [0.29, 0.717) is 131 Å². The first kappa shape index (κ1) is 52.1. The van der Waals surface area contributed by atoms with Crippen LogP contribution in [0.5, 0.6) is 0 Å². The van der Waals surface area contributed by atoms with Gasteiger partial charge in [0.05, 0.1) is 106 Å². The Labute approximate surface area is 349 Å². The van der Waals surface area contributed by atoms with Crippen molar-refractivity contribution in [1.29, 1.82) is 0 Å². The van der Waals surface area contributed by atoms with Gasteiger partial charge < -0.3 is 51.5 Å². The Kier molecular flexibility index (Phi) is 26.7. The molecular weight excluding hydrogens is 761 g/mol. The van der Waals surface area contributed by atoms with E-state index in [2.05, 4.69) is 116 Å². The van der Waals surface area contributed by atoms with Crippen molar-refractivity contribution >= 4 is 16.6 Å². The fourth-order valence-electron chi connectivity index (χ4n) is 5.16. The first-order chi connectivity index (χ1) is 27.1. The van der Waals surface area contributed by atoms with E-state index in [1.807, 2.05) is 0 Å². The van der Waals surface area contributed by atoms with Gasteiger partial charge in [-0.25, -0.2) is 0 Å². The first-order valence-electron chi connectivity index (χ1n) is 21.4. The lowest BCUT2D eigenvalue weighted by Crippen LogP contribution is -2.42. The molecule has 332 valence electrons. The van der Waals surface area contributed by atoms with Crippen molar-refractivity contribution in [1.82, 2.24) is 0 Å². The molecule has 2 aliphatic carbocycles. The van der Waals surface area contributed by atoms with Crippen molar-refractivity contribution in [3.05, 3.63) is 48.6 Å². The van der Waals surface area contributed by atoms with Crippen molar-refractivity contribution in [2.24, 2.45) is 11.8 Å². The molecule has 57 heavy (non-hydrogen) atoms. The van der Waals surface area contributed by atoms with Gasteiger partial charge in [-0.3, -0.25) is 0 Å². The molecule has 0 bridgehead atoms. The Morgan fingerprint density at radius 3 is 1.00 bits per heavy atom. The van der Waals surface area contributed by atoms with E-state index in [-0.39, 0.29) is 22.3 Å². The highest BCUT2D eigenvalue weighted by Gasteiger charge is 2.37. The van der Waals surface area contributed by atoms with E-state index in [0.717, 1.165) is 12.8 Å². The molecule has 2 aliphatic rings. The second kappa shape index (κ2) is 29.2. The van der Waals surface area contributed by atoms with Gasteiger partial charge in [0.25, 0.3) is 0 Å². The molecule has 0 saturated carbocycles. The van der Waals surface area contributed by atoms with Crippen LogP contribution in [0.15, 0.2) is 48.6 Å². The maximum Gasteiger partial charge on any atom is 0.192 e. The van der Waals surface area contributed by atoms with E-state index in [1.54, 1.807) is 0 Å². The summed E-state index contributed by atoms with van der Waals surface area (Å²) in [5, 5.41) is 0.318. The minimum absolute atomic E-state index is 0.159. The van der Waals surface area contributed by atoms with Crippen LogP contribution in [0, 0.1) is 11.8 Å². The smallest absolute Gasteiger partial charge is 0.192 e. The predicted molar refractivity (Wildman–Crippen MR) is 234 cm³/mol. The summed E-state index contributed by atoms with van der Waals surface area (Å²) in [6, 6.07) is 0. The summed E-state index contributed by atoms with van der Waals surface area (Å²) in [6.45, 7) is 31.4. The molecule has 0 N–H and O–H groups in total. The maximum absolute atomic E-state index is 6.28. The fraction of sp³-hybridized carbons (Fsp3) is 0.818. The van der Waals surface area contributed by atoms with Crippen molar-refractivity contribution in [2.45, 2.75) is 103 Å². The number of rotatable bonds is 36. The topological polar surface area (TPSA) is 102 Å². The van der Waals surface area contributed by atoms with Gasteiger partial charge >= 0.3 is 0 Å². The van der Waals surface area contributed by atoms with Gasteiger partial charge in [0.1, 0.15) is 12.2 Å². The second-order valence-corrected chi connectivity index (χ2v) is 27.4. The zero-order valence-corrected chi connectivity index (χ0v) is 39.6. The molecule has 0 saturated heterocycles. The van der Waals surface area contributed by atoms with Crippen LogP contribution in [-0.4, -0.2) is 148 Å². The molecular formula is C44H82O11Si2. The van der Waals surface area contributed by atoms with Crippen LogP contribution < -0.4 is 0 Å². The average molecular weight is 843 g/mol. The van der Waals surface area contributed by atoms with Gasteiger partial charge in [0, 0.05) is 13.2 Å². The standard InChI is InChI=1S/C44H82O11Si2/c1-43(2,3)56(7,8)54-33-29-50-37-42(38-51-30-34-55-57(9,10)44(4,5)6)53-32-28-47-27-31-52-41(35-48-25-23-45-21-19-39-15-11-12-16-39)36-49-26-24-46-22-20-40-17-13-14-18-40/h11-18,39-42H,19-38H2,1-10H3. The number of ether oxygens (including phenoxy) is 9. The van der Waals surface area contributed by atoms with Crippen molar-refractivity contribution in [2.75, 3.05) is 119 Å². The molecule has 11 nitrogen and oxygen atoms in total. The zero-order chi connectivity index (χ0) is 41.9. The summed E-state index contributed by atoms with van der Waals surface area (Å²) in [5.74, 6) is 0.954. The molecule has 0 spiro atoms.